The van der Waals surface area contributed by atoms with Crippen LogP contribution in [0.5, 0.6) is 0 Å². The summed E-state index contributed by atoms with van der Waals surface area (Å²) in [5.41, 5.74) is 4.73. The topological polar surface area (TPSA) is 145 Å². The van der Waals surface area contributed by atoms with Crippen LogP contribution in [0.2, 0.25) is 0 Å². The molecule has 0 aromatic carbocycles. The van der Waals surface area contributed by atoms with E-state index >= 15 is 0 Å². The summed E-state index contributed by atoms with van der Waals surface area (Å²) in [7, 11) is 1.50. The molecule has 4 rings (SSSR count). The van der Waals surface area contributed by atoms with Crippen LogP contribution in [0.1, 0.15) is 30.9 Å². The summed E-state index contributed by atoms with van der Waals surface area (Å²) in [5.74, 6) is 1.95. The number of morpholine rings is 1. The molecule has 6 N–H and O–H groups in total. The Morgan fingerprint density at radius 1 is 1.33 bits per heavy atom. The van der Waals surface area contributed by atoms with Gasteiger partial charge in [-0.15, -0.1) is 0 Å². The zero-order valence-electron chi connectivity index (χ0n) is 17.5. The molecule has 1 atom stereocenters. The third-order valence-corrected chi connectivity index (χ3v) is 5.43. The van der Waals surface area contributed by atoms with E-state index in [0.717, 1.165) is 12.4 Å². The molecule has 10 nitrogen and oxygen atoms in total. The maximum atomic E-state index is 11.4. The maximum Gasteiger partial charge on any atom is 0.143 e. The number of nitrogens with one attached hydrogen (secondary N) is 3. The highest BCUT2D eigenvalue weighted by Gasteiger charge is 2.36. The summed E-state index contributed by atoms with van der Waals surface area (Å²) >= 11 is 0. The minimum absolute atomic E-state index is 0.171. The molecule has 4 heterocycles. The van der Waals surface area contributed by atoms with Crippen LogP contribution in [-0.4, -0.2) is 72.6 Å². The van der Waals surface area contributed by atoms with Crippen molar-refractivity contribution in [3.8, 4) is 0 Å². The summed E-state index contributed by atoms with van der Waals surface area (Å²) < 4.78 is 11.0. The van der Waals surface area contributed by atoms with Gasteiger partial charge in [0.2, 0.25) is 0 Å². The average Bonchev–Trinajstić information content (AvgIpc) is 3.28. The number of aromatic amines is 1. The third kappa shape index (κ3) is 4.62. The SMILES string of the molecule is CC1COCCN1c1cc(C2(O)CCOCC2)c(C=N)c(Nc2ccn[nH]2)n1.CN. The number of rotatable bonds is 5. The smallest absolute Gasteiger partial charge is 0.143 e. The molecule has 2 aliphatic heterocycles. The number of nitrogens with zero attached hydrogens (tertiary/aromatic N) is 3. The van der Waals surface area contributed by atoms with Crippen LogP contribution in [0.15, 0.2) is 18.3 Å². The average molecular weight is 418 g/mol. The summed E-state index contributed by atoms with van der Waals surface area (Å²) in [6, 6.07) is 3.89. The van der Waals surface area contributed by atoms with Crippen molar-refractivity contribution in [3.05, 3.63) is 29.5 Å². The van der Waals surface area contributed by atoms with Crippen LogP contribution in [0.3, 0.4) is 0 Å². The highest BCUT2D eigenvalue weighted by Crippen LogP contribution is 2.38. The van der Waals surface area contributed by atoms with Crippen molar-refractivity contribution in [1.29, 1.82) is 5.41 Å². The molecule has 2 saturated heterocycles. The molecule has 2 fully saturated rings. The van der Waals surface area contributed by atoms with E-state index in [1.54, 1.807) is 12.3 Å². The van der Waals surface area contributed by atoms with Crippen molar-refractivity contribution < 1.29 is 14.6 Å². The molecule has 10 heteroatoms. The highest BCUT2D eigenvalue weighted by molar-refractivity contribution is 5.89. The second kappa shape index (κ2) is 9.98. The van der Waals surface area contributed by atoms with Gasteiger partial charge in [0.1, 0.15) is 17.5 Å². The molecule has 1 unspecified atom stereocenters. The van der Waals surface area contributed by atoms with E-state index < -0.39 is 5.60 Å². The van der Waals surface area contributed by atoms with Crippen molar-refractivity contribution in [2.45, 2.75) is 31.4 Å². The summed E-state index contributed by atoms with van der Waals surface area (Å²) in [6.45, 7) is 5.06. The van der Waals surface area contributed by atoms with Gasteiger partial charge in [-0.05, 0) is 25.6 Å². The summed E-state index contributed by atoms with van der Waals surface area (Å²) in [5, 5.41) is 29.4. The third-order valence-electron chi connectivity index (χ3n) is 5.43. The normalized spacial score (nSPS) is 20.8. The van der Waals surface area contributed by atoms with Gasteiger partial charge in [-0.25, -0.2) is 4.98 Å². The van der Waals surface area contributed by atoms with Gasteiger partial charge in [0.15, 0.2) is 0 Å². The van der Waals surface area contributed by atoms with Gasteiger partial charge in [0.05, 0.1) is 31.1 Å². The van der Waals surface area contributed by atoms with E-state index in [1.807, 2.05) is 6.07 Å². The fraction of sp³-hybridized carbons (Fsp3) is 0.550. The molecule has 2 aromatic rings. The molecule has 0 spiro atoms. The molecule has 2 aromatic heterocycles. The van der Waals surface area contributed by atoms with Gasteiger partial charge in [0, 0.05) is 50.4 Å². The zero-order valence-corrected chi connectivity index (χ0v) is 17.5. The Morgan fingerprint density at radius 2 is 2.10 bits per heavy atom. The van der Waals surface area contributed by atoms with Gasteiger partial charge in [-0.2, -0.15) is 5.10 Å². The second-order valence-corrected chi connectivity index (χ2v) is 7.29. The fourth-order valence-corrected chi connectivity index (χ4v) is 3.81. The predicted molar refractivity (Wildman–Crippen MR) is 116 cm³/mol. The number of aromatic nitrogens is 3. The summed E-state index contributed by atoms with van der Waals surface area (Å²) in [6.07, 6.45) is 3.87. The van der Waals surface area contributed by atoms with Crippen molar-refractivity contribution >= 4 is 23.7 Å². The zero-order chi connectivity index (χ0) is 21.6. The van der Waals surface area contributed by atoms with Crippen molar-refractivity contribution in [1.82, 2.24) is 15.2 Å². The lowest BCUT2D eigenvalue weighted by atomic mass is 9.84. The first-order valence-electron chi connectivity index (χ1n) is 10.2. The van der Waals surface area contributed by atoms with Crippen LogP contribution < -0.4 is 16.0 Å². The standard InChI is InChI=1S/C19H26N6O3.CH5N/c1-13-12-28-9-6-25(13)17-10-15(19(26)3-7-27-8-4-19)14(11-20)18(23-17)22-16-2-5-21-24-16;1-2/h2,5,10-11,13,20,26H,3-4,6-9,12H2,1H3,(H2,21,22,23,24);2H2,1H3. The van der Waals surface area contributed by atoms with E-state index in [4.69, 9.17) is 19.9 Å². The van der Waals surface area contributed by atoms with Crippen molar-refractivity contribution in [2.75, 3.05) is 50.2 Å². The van der Waals surface area contributed by atoms with Crippen LogP contribution in [-0.2, 0) is 15.1 Å². The number of pyridine rings is 1. The lowest BCUT2D eigenvalue weighted by Crippen LogP contribution is -2.44. The second-order valence-electron chi connectivity index (χ2n) is 7.29. The van der Waals surface area contributed by atoms with Crippen LogP contribution in [0.4, 0.5) is 17.5 Å². The number of ether oxygens (including phenoxy) is 2. The Balaban J connectivity index is 0.00000124. The maximum absolute atomic E-state index is 11.4. The van der Waals surface area contributed by atoms with Gasteiger partial charge < -0.3 is 35.9 Å². The van der Waals surface area contributed by atoms with Gasteiger partial charge in [-0.1, -0.05) is 0 Å². The number of hydrogen-bond acceptors (Lipinski definition) is 9. The van der Waals surface area contributed by atoms with Gasteiger partial charge >= 0.3 is 0 Å². The number of nitrogens with two attached hydrogens (primary N) is 1. The molecule has 0 bridgehead atoms. The lowest BCUT2D eigenvalue weighted by Gasteiger charge is -2.37. The molecule has 2 aliphatic rings. The quantitative estimate of drug-likeness (QED) is 0.458. The Bertz CT molecular complexity index is 822. The Hall–Kier alpha value is -2.53. The number of aliphatic hydroxyl groups is 1. The molecule has 0 amide bonds. The largest absolute Gasteiger partial charge is 0.385 e. The molecule has 0 radical (unpaired) electrons. The van der Waals surface area contributed by atoms with E-state index in [1.165, 1.54) is 13.3 Å². The minimum Gasteiger partial charge on any atom is -0.385 e. The minimum atomic E-state index is -1.05. The van der Waals surface area contributed by atoms with E-state index in [-0.39, 0.29) is 6.04 Å². The Labute approximate surface area is 176 Å². The van der Waals surface area contributed by atoms with Crippen molar-refractivity contribution in [2.24, 2.45) is 5.73 Å². The van der Waals surface area contributed by atoms with E-state index in [9.17, 15) is 5.11 Å². The van der Waals surface area contributed by atoms with Gasteiger partial charge in [0.25, 0.3) is 0 Å². The highest BCUT2D eigenvalue weighted by atomic mass is 16.5. The molecule has 0 aliphatic carbocycles. The first-order chi connectivity index (χ1) is 14.6. The Kier molecular flexibility index (Phi) is 7.38. The first-order valence-corrected chi connectivity index (χ1v) is 10.2. The number of H-pyrrole nitrogens is 1. The lowest BCUT2D eigenvalue weighted by molar-refractivity contribution is -0.0679. The Morgan fingerprint density at radius 3 is 2.73 bits per heavy atom. The molecular weight excluding hydrogens is 386 g/mol. The molecular formula is C20H31N7O3. The fourth-order valence-electron chi connectivity index (χ4n) is 3.81. The van der Waals surface area contributed by atoms with Crippen LogP contribution in [0, 0.1) is 5.41 Å². The van der Waals surface area contributed by atoms with Crippen LogP contribution >= 0.6 is 0 Å². The summed E-state index contributed by atoms with van der Waals surface area (Å²) in [4.78, 5) is 6.98. The monoisotopic (exact) mass is 417 g/mol. The van der Waals surface area contributed by atoms with E-state index in [2.05, 4.69) is 33.1 Å². The molecule has 164 valence electrons. The first kappa shape index (κ1) is 22.2. The number of hydrogen-bond donors (Lipinski definition) is 5. The number of anilines is 3. The molecule has 0 saturated carbocycles. The van der Waals surface area contributed by atoms with Gasteiger partial charge in [-0.3, -0.25) is 5.10 Å². The van der Waals surface area contributed by atoms with E-state index in [0.29, 0.717) is 62.0 Å². The van der Waals surface area contributed by atoms with Crippen molar-refractivity contribution in [3.63, 3.8) is 0 Å². The van der Waals surface area contributed by atoms with Crippen LogP contribution in [0.25, 0.3) is 0 Å². The predicted octanol–water partition coefficient (Wildman–Crippen LogP) is 1.34. The molecule has 30 heavy (non-hydrogen) atoms.